The molecule has 0 bridgehead atoms. The first-order valence-electron chi connectivity index (χ1n) is 7.34. The highest BCUT2D eigenvalue weighted by Crippen LogP contribution is 2.22. The summed E-state index contributed by atoms with van der Waals surface area (Å²) in [5, 5.41) is 4.26. The molecule has 2 N–H and O–H groups in total. The molecule has 5 nitrogen and oxygen atoms in total. The summed E-state index contributed by atoms with van der Waals surface area (Å²) in [6.07, 6.45) is 0. The van der Waals surface area contributed by atoms with Crippen LogP contribution in [0.2, 0.25) is 0 Å². The number of nitrogens with two attached hydrogens (primary N) is 1. The van der Waals surface area contributed by atoms with Gasteiger partial charge in [-0.2, -0.15) is 5.10 Å². The molecule has 1 aromatic heterocycles. The summed E-state index contributed by atoms with van der Waals surface area (Å²) < 4.78 is 6.46. The SMILES string of the molecule is COCCn1nc(C)cc(C(N)c2cc(C)ccc2C)c1=O. The van der Waals surface area contributed by atoms with E-state index < -0.39 is 6.04 Å². The van der Waals surface area contributed by atoms with Crippen LogP contribution >= 0.6 is 0 Å². The van der Waals surface area contributed by atoms with Crippen LogP contribution in [0.15, 0.2) is 29.1 Å². The van der Waals surface area contributed by atoms with Crippen LogP contribution in [-0.4, -0.2) is 23.5 Å². The van der Waals surface area contributed by atoms with Gasteiger partial charge in [-0.1, -0.05) is 23.8 Å². The van der Waals surface area contributed by atoms with Crippen LogP contribution < -0.4 is 11.3 Å². The smallest absolute Gasteiger partial charge is 0.271 e. The fourth-order valence-electron chi connectivity index (χ4n) is 2.52. The summed E-state index contributed by atoms with van der Waals surface area (Å²) in [4.78, 5) is 12.6. The number of aryl methyl sites for hydroxylation is 3. The number of aromatic nitrogens is 2. The Bertz CT molecular complexity index is 722. The van der Waals surface area contributed by atoms with Crippen molar-refractivity contribution in [1.82, 2.24) is 9.78 Å². The molecule has 0 fully saturated rings. The topological polar surface area (TPSA) is 70.1 Å². The molecular formula is C17H23N3O2. The number of hydrogen-bond acceptors (Lipinski definition) is 4. The Labute approximate surface area is 130 Å². The number of hydrogen-bond donors (Lipinski definition) is 1. The predicted octanol–water partition coefficient (Wildman–Crippen LogP) is 1.86. The standard InChI is InChI=1S/C17H23N3O2/c1-11-5-6-12(2)14(9-11)16(18)15-10-13(3)19-20(17(15)21)7-8-22-4/h5-6,9-10,16H,7-8,18H2,1-4H3. The van der Waals surface area contributed by atoms with Crippen LogP contribution in [0, 0.1) is 20.8 Å². The molecule has 0 amide bonds. The summed E-state index contributed by atoms with van der Waals surface area (Å²) in [6.45, 7) is 6.75. The molecule has 0 aliphatic rings. The highest BCUT2D eigenvalue weighted by atomic mass is 16.5. The zero-order valence-electron chi connectivity index (χ0n) is 13.6. The Morgan fingerprint density at radius 2 is 1.95 bits per heavy atom. The summed E-state index contributed by atoms with van der Waals surface area (Å²) in [5.41, 5.74) is 10.7. The quantitative estimate of drug-likeness (QED) is 0.915. The van der Waals surface area contributed by atoms with Crippen molar-refractivity contribution in [2.45, 2.75) is 33.4 Å². The Morgan fingerprint density at radius 1 is 1.23 bits per heavy atom. The van der Waals surface area contributed by atoms with Crippen molar-refractivity contribution in [3.63, 3.8) is 0 Å². The van der Waals surface area contributed by atoms with E-state index in [9.17, 15) is 4.79 Å². The van der Waals surface area contributed by atoms with E-state index in [4.69, 9.17) is 10.5 Å². The number of benzene rings is 1. The van der Waals surface area contributed by atoms with E-state index >= 15 is 0 Å². The van der Waals surface area contributed by atoms with Gasteiger partial charge in [-0.25, -0.2) is 4.68 Å². The monoisotopic (exact) mass is 301 g/mol. The van der Waals surface area contributed by atoms with Crippen LogP contribution in [0.4, 0.5) is 0 Å². The average Bonchev–Trinajstić information content (AvgIpc) is 2.49. The van der Waals surface area contributed by atoms with Crippen molar-refractivity contribution in [2.75, 3.05) is 13.7 Å². The first kappa shape index (κ1) is 16.4. The van der Waals surface area contributed by atoms with Crippen molar-refractivity contribution in [2.24, 2.45) is 5.73 Å². The maximum Gasteiger partial charge on any atom is 0.271 e. The molecular weight excluding hydrogens is 278 g/mol. The van der Waals surface area contributed by atoms with Crippen LogP contribution in [0.5, 0.6) is 0 Å². The maximum absolute atomic E-state index is 12.6. The second-order valence-electron chi connectivity index (χ2n) is 5.60. The fourth-order valence-corrected chi connectivity index (χ4v) is 2.52. The highest BCUT2D eigenvalue weighted by Gasteiger charge is 2.17. The van der Waals surface area contributed by atoms with Gasteiger partial charge in [-0.05, 0) is 38.0 Å². The average molecular weight is 301 g/mol. The minimum absolute atomic E-state index is 0.156. The molecule has 0 aliphatic carbocycles. The largest absolute Gasteiger partial charge is 0.383 e. The second-order valence-corrected chi connectivity index (χ2v) is 5.60. The Balaban J connectivity index is 2.49. The van der Waals surface area contributed by atoms with Crippen molar-refractivity contribution in [1.29, 1.82) is 0 Å². The predicted molar refractivity (Wildman–Crippen MR) is 87.1 cm³/mol. The molecule has 118 valence electrons. The third-order valence-electron chi connectivity index (χ3n) is 3.74. The van der Waals surface area contributed by atoms with E-state index in [0.29, 0.717) is 18.7 Å². The number of ether oxygens (including phenoxy) is 1. The summed E-state index contributed by atoms with van der Waals surface area (Å²) in [7, 11) is 1.60. The molecule has 2 rings (SSSR count). The van der Waals surface area contributed by atoms with Crippen LogP contribution in [0.1, 0.15) is 34.0 Å². The molecule has 22 heavy (non-hydrogen) atoms. The van der Waals surface area contributed by atoms with E-state index in [-0.39, 0.29) is 5.56 Å². The molecule has 0 spiro atoms. The minimum atomic E-state index is -0.456. The van der Waals surface area contributed by atoms with Gasteiger partial charge in [-0.15, -0.1) is 0 Å². The molecule has 0 aliphatic heterocycles. The van der Waals surface area contributed by atoms with E-state index in [1.54, 1.807) is 13.2 Å². The summed E-state index contributed by atoms with van der Waals surface area (Å²) in [5.74, 6) is 0. The van der Waals surface area contributed by atoms with Crippen LogP contribution in [0.3, 0.4) is 0 Å². The van der Waals surface area contributed by atoms with Gasteiger partial charge in [0.05, 0.1) is 24.9 Å². The number of nitrogens with zero attached hydrogens (tertiary/aromatic N) is 2. The second kappa shape index (κ2) is 6.85. The van der Waals surface area contributed by atoms with Gasteiger partial charge < -0.3 is 10.5 Å². The van der Waals surface area contributed by atoms with Crippen molar-refractivity contribution >= 4 is 0 Å². The van der Waals surface area contributed by atoms with E-state index in [0.717, 1.165) is 22.4 Å². The molecule has 0 saturated heterocycles. The van der Waals surface area contributed by atoms with Gasteiger partial charge in [0.1, 0.15) is 0 Å². The first-order valence-corrected chi connectivity index (χ1v) is 7.34. The van der Waals surface area contributed by atoms with Gasteiger partial charge in [0.25, 0.3) is 5.56 Å². The van der Waals surface area contributed by atoms with Gasteiger partial charge in [0.2, 0.25) is 0 Å². The molecule has 5 heteroatoms. The minimum Gasteiger partial charge on any atom is -0.383 e. The van der Waals surface area contributed by atoms with E-state index in [1.165, 1.54) is 4.68 Å². The fraction of sp³-hybridized carbons (Fsp3) is 0.412. The Kier molecular flexibility index (Phi) is 5.11. The van der Waals surface area contributed by atoms with E-state index in [2.05, 4.69) is 5.10 Å². The lowest BCUT2D eigenvalue weighted by atomic mass is 9.95. The van der Waals surface area contributed by atoms with Crippen LogP contribution in [0.25, 0.3) is 0 Å². The van der Waals surface area contributed by atoms with Gasteiger partial charge in [0.15, 0.2) is 0 Å². The molecule has 1 unspecified atom stereocenters. The Hall–Kier alpha value is -1.98. The lowest BCUT2D eigenvalue weighted by Gasteiger charge is -2.17. The lowest BCUT2D eigenvalue weighted by Crippen LogP contribution is -2.32. The maximum atomic E-state index is 12.6. The first-order chi connectivity index (χ1) is 10.4. The van der Waals surface area contributed by atoms with Crippen molar-refractivity contribution in [3.8, 4) is 0 Å². The molecule has 1 atom stereocenters. The lowest BCUT2D eigenvalue weighted by molar-refractivity contribution is 0.181. The normalized spacial score (nSPS) is 12.4. The molecule has 2 aromatic rings. The van der Waals surface area contributed by atoms with Crippen molar-refractivity contribution < 1.29 is 4.74 Å². The van der Waals surface area contributed by atoms with E-state index in [1.807, 2.05) is 39.0 Å². The summed E-state index contributed by atoms with van der Waals surface area (Å²) in [6, 6.07) is 7.43. The van der Waals surface area contributed by atoms with Crippen LogP contribution in [-0.2, 0) is 11.3 Å². The number of methoxy groups -OCH3 is 1. The highest BCUT2D eigenvalue weighted by molar-refractivity contribution is 5.38. The molecule has 0 radical (unpaired) electrons. The number of rotatable bonds is 5. The van der Waals surface area contributed by atoms with Gasteiger partial charge in [0, 0.05) is 12.7 Å². The van der Waals surface area contributed by atoms with Gasteiger partial charge >= 0.3 is 0 Å². The molecule has 0 saturated carbocycles. The Morgan fingerprint density at radius 3 is 2.64 bits per heavy atom. The van der Waals surface area contributed by atoms with Gasteiger partial charge in [-0.3, -0.25) is 4.79 Å². The van der Waals surface area contributed by atoms with Crippen molar-refractivity contribution in [3.05, 3.63) is 62.6 Å². The zero-order chi connectivity index (χ0) is 16.3. The summed E-state index contributed by atoms with van der Waals surface area (Å²) >= 11 is 0. The third-order valence-corrected chi connectivity index (χ3v) is 3.74. The molecule has 1 aromatic carbocycles. The molecule has 1 heterocycles. The third kappa shape index (κ3) is 3.43. The zero-order valence-corrected chi connectivity index (χ0v) is 13.6.